The van der Waals surface area contributed by atoms with Crippen molar-refractivity contribution in [3.63, 3.8) is 0 Å². The van der Waals surface area contributed by atoms with Crippen molar-refractivity contribution in [2.45, 2.75) is 52.3 Å². The zero-order valence-electron chi connectivity index (χ0n) is 18.1. The first-order valence-electron chi connectivity index (χ1n) is 10.7. The third-order valence-electron chi connectivity index (χ3n) is 6.48. The summed E-state index contributed by atoms with van der Waals surface area (Å²) in [6.07, 6.45) is -1.35. The monoisotopic (exact) mass is 439 g/mol. The summed E-state index contributed by atoms with van der Waals surface area (Å²) in [7, 11) is 0. The lowest BCUT2D eigenvalue weighted by Gasteiger charge is -2.38. The van der Waals surface area contributed by atoms with Crippen molar-refractivity contribution in [1.29, 1.82) is 0 Å². The van der Waals surface area contributed by atoms with Gasteiger partial charge in [0.05, 0.1) is 6.54 Å². The summed E-state index contributed by atoms with van der Waals surface area (Å²) in [5.74, 6) is -0.454. The second-order valence-corrected chi connectivity index (χ2v) is 8.53. The van der Waals surface area contributed by atoms with Gasteiger partial charge >= 0.3 is 6.18 Å². The average molecular weight is 439 g/mol. The van der Waals surface area contributed by atoms with Crippen LogP contribution in [0.15, 0.2) is 0 Å². The van der Waals surface area contributed by atoms with Crippen molar-refractivity contribution in [3.8, 4) is 0 Å². The summed E-state index contributed by atoms with van der Waals surface area (Å²) in [5, 5.41) is 11.3. The first-order valence-corrected chi connectivity index (χ1v) is 10.7. The van der Waals surface area contributed by atoms with Gasteiger partial charge < -0.3 is 9.80 Å². The molecule has 8 nitrogen and oxygen atoms in total. The van der Waals surface area contributed by atoms with Gasteiger partial charge in [-0.1, -0.05) is 0 Å². The van der Waals surface area contributed by atoms with E-state index in [9.17, 15) is 18.0 Å². The molecule has 0 N–H and O–H groups in total. The fraction of sp³-hybridized carbons (Fsp3) is 0.700. The van der Waals surface area contributed by atoms with Crippen LogP contribution in [0.2, 0.25) is 0 Å². The number of amides is 1. The van der Waals surface area contributed by atoms with Crippen LogP contribution in [0.3, 0.4) is 0 Å². The summed E-state index contributed by atoms with van der Waals surface area (Å²) in [4.78, 5) is 18.8. The van der Waals surface area contributed by atoms with Gasteiger partial charge in [-0.15, -0.1) is 15.3 Å². The Labute approximate surface area is 179 Å². The van der Waals surface area contributed by atoms with E-state index in [1.54, 1.807) is 6.92 Å². The molecule has 2 aliphatic rings. The molecule has 0 aromatic carbocycles. The molecule has 2 aromatic rings. The molecule has 0 bridgehead atoms. The number of halogens is 3. The number of nitrogens with zero attached hydrogens (tertiary/aromatic N) is 7. The smallest absolute Gasteiger partial charge is 0.352 e. The predicted octanol–water partition coefficient (Wildman–Crippen LogP) is 2.28. The molecular weight excluding hydrogens is 411 g/mol. The minimum absolute atomic E-state index is 0.119. The molecule has 1 atom stereocenters. The number of aromatic nitrogens is 4. The van der Waals surface area contributed by atoms with Crippen LogP contribution in [0, 0.1) is 13.8 Å². The van der Waals surface area contributed by atoms with E-state index in [1.165, 1.54) is 6.42 Å². The Kier molecular flexibility index (Phi) is 5.80. The van der Waals surface area contributed by atoms with Crippen LogP contribution in [0.5, 0.6) is 0 Å². The van der Waals surface area contributed by atoms with Crippen molar-refractivity contribution >= 4 is 17.4 Å². The lowest BCUT2D eigenvalue weighted by molar-refractivity contribution is -0.146. The maximum absolute atomic E-state index is 13.3. The van der Waals surface area contributed by atoms with E-state index < -0.39 is 12.0 Å². The second kappa shape index (κ2) is 8.25. The number of fused-ring (bicyclic) bond motifs is 1. The predicted molar refractivity (Wildman–Crippen MR) is 109 cm³/mol. The third kappa shape index (κ3) is 4.19. The number of aryl methyl sites for hydroxylation is 1. The van der Waals surface area contributed by atoms with Crippen molar-refractivity contribution < 1.29 is 18.0 Å². The van der Waals surface area contributed by atoms with Crippen LogP contribution < -0.4 is 4.90 Å². The second-order valence-electron chi connectivity index (χ2n) is 8.53. The van der Waals surface area contributed by atoms with Gasteiger partial charge in [0.25, 0.3) is 5.82 Å². The maximum atomic E-state index is 13.3. The van der Waals surface area contributed by atoms with E-state index in [2.05, 4.69) is 27.1 Å². The molecule has 2 saturated heterocycles. The molecule has 4 heterocycles. The number of anilines is 1. The van der Waals surface area contributed by atoms with E-state index in [-0.39, 0.29) is 17.6 Å². The highest BCUT2D eigenvalue weighted by atomic mass is 19.4. The summed E-state index contributed by atoms with van der Waals surface area (Å²) < 4.78 is 40.7. The quantitative estimate of drug-likeness (QED) is 0.731. The first kappa shape index (κ1) is 21.8. The van der Waals surface area contributed by atoms with E-state index in [1.807, 2.05) is 16.7 Å². The molecule has 4 rings (SSSR count). The standard InChI is InChI=1S/C20H28F3N7O/c1-13-6-4-5-7-29(13)16(31)12-27-8-10-28(11-9-27)18-15(3)14(2)17-24-25-19(20(21,22)23)30(17)26-18/h13H,4-12H2,1-3H3. The maximum Gasteiger partial charge on any atom is 0.453 e. The first-order chi connectivity index (χ1) is 14.7. The number of likely N-dealkylation sites (tertiary alicyclic amines) is 1. The van der Waals surface area contributed by atoms with Gasteiger partial charge in [-0.05, 0) is 40.0 Å². The van der Waals surface area contributed by atoms with Crippen molar-refractivity contribution in [1.82, 2.24) is 29.6 Å². The largest absolute Gasteiger partial charge is 0.453 e. The fourth-order valence-corrected chi connectivity index (χ4v) is 4.46. The average Bonchev–Trinajstić information content (AvgIpc) is 3.16. The van der Waals surface area contributed by atoms with Gasteiger partial charge in [-0.25, -0.2) is 0 Å². The number of piperidine rings is 1. The molecule has 170 valence electrons. The number of rotatable bonds is 3. The van der Waals surface area contributed by atoms with E-state index >= 15 is 0 Å². The molecule has 11 heteroatoms. The molecule has 1 unspecified atom stereocenters. The molecule has 0 radical (unpaired) electrons. The van der Waals surface area contributed by atoms with E-state index in [4.69, 9.17) is 0 Å². The summed E-state index contributed by atoms with van der Waals surface area (Å²) >= 11 is 0. The topological polar surface area (TPSA) is 69.9 Å². The zero-order chi connectivity index (χ0) is 22.3. The summed E-state index contributed by atoms with van der Waals surface area (Å²) in [6.45, 7) is 9.36. The number of hydrogen-bond donors (Lipinski definition) is 0. The Hall–Kier alpha value is -2.43. The lowest BCUT2D eigenvalue weighted by Crippen LogP contribution is -2.52. The van der Waals surface area contributed by atoms with Crippen molar-refractivity contribution in [2.24, 2.45) is 0 Å². The lowest BCUT2D eigenvalue weighted by atomic mass is 10.0. The Morgan fingerprint density at radius 1 is 1.03 bits per heavy atom. The van der Waals surface area contributed by atoms with Crippen molar-refractivity contribution in [3.05, 3.63) is 17.0 Å². The highest BCUT2D eigenvalue weighted by Gasteiger charge is 2.38. The molecule has 0 saturated carbocycles. The highest BCUT2D eigenvalue weighted by molar-refractivity contribution is 5.78. The highest BCUT2D eigenvalue weighted by Crippen LogP contribution is 2.31. The number of carbonyl (C=O) groups is 1. The number of carbonyl (C=O) groups excluding carboxylic acids is 1. The third-order valence-corrected chi connectivity index (χ3v) is 6.48. The number of alkyl halides is 3. The Bertz CT molecular complexity index is 966. The fourth-order valence-electron chi connectivity index (χ4n) is 4.46. The Morgan fingerprint density at radius 3 is 2.39 bits per heavy atom. The molecule has 0 spiro atoms. The molecule has 2 aromatic heterocycles. The van der Waals surface area contributed by atoms with Gasteiger partial charge in [0, 0.05) is 49.9 Å². The van der Waals surface area contributed by atoms with Crippen LogP contribution in [0.25, 0.3) is 5.65 Å². The number of piperazine rings is 1. The van der Waals surface area contributed by atoms with Gasteiger partial charge in [0.2, 0.25) is 5.91 Å². The van der Waals surface area contributed by atoms with E-state index in [0.717, 1.165) is 29.5 Å². The van der Waals surface area contributed by atoms with Crippen LogP contribution in [0.1, 0.15) is 43.1 Å². The molecular formula is C20H28F3N7O. The summed E-state index contributed by atoms with van der Waals surface area (Å²) in [5.41, 5.74) is 1.54. The molecule has 0 aliphatic carbocycles. The van der Waals surface area contributed by atoms with Gasteiger partial charge in [-0.2, -0.15) is 17.7 Å². The van der Waals surface area contributed by atoms with Crippen LogP contribution in [-0.4, -0.2) is 80.8 Å². The number of hydrogen-bond acceptors (Lipinski definition) is 6. The van der Waals surface area contributed by atoms with Crippen molar-refractivity contribution in [2.75, 3.05) is 44.2 Å². The minimum atomic E-state index is -4.63. The van der Waals surface area contributed by atoms with Crippen LogP contribution >= 0.6 is 0 Å². The zero-order valence-corrected chi connectivity index (χ0v) is 18.1. The normalized spacial score (nSPS) is 21.2. The minimum Gasteiger partial charge on any atom is -0.352 e. The van der Waals surface area contributed by atoms with Crippen LogP contribution in [0.4, 0.5) is 19.0 Å². The van der Waals surface area contributed by atoms with E-state index in [0.29, 0.717) is 44.1 Å². The van der Waals surface area contributed by atoms with Gasteiger partial charge in [0.15, 0.2) is 11.5 Å². The molecule has 1 amide bonds. The molecule has 2 fully saturated rings. The van der Waals surface area contributed by atoms with Gasteiger partial charge in [0.1, 0.15) is 0 Å². The Balaban J connectivity index is 1.47. The van der Waals surface area contributed by atoms with Gasteiger partial charge in [-0.3, -0.25) is 9.69 Å². The van der Waals surface area contributed by atoms with Crippen LogP contribution in [-0.2, 0) is 11.0 Å². The molecule has 31 heavy (non-hydrogen) atoms. The molecule has 2 aliphatic heterocycles. The Morgan fingerprint density at radius 2 is 1.74 bits per heavy atom. The summed E-state index contributed by atoms with van der Waals surface area (Å²) in [6, 6.07) is 0.288. The SMILES string of the molecule is Cc1c(N2CCN(CC(=O)N3CCCCC3C)CC2)nn2c(C(F)(F)F)nnc2c1C.